The second kappa shape index (κ2) is 11.1. The summed E-state index contributed by atoms with van der Waals surface area (Å²) in [5.74, 6) is 5.77. The smallest absolute Gasteiger partial charge is 0.123 e. The van der Waals surface area contributed by atoms with Crippen LogP contribution in [-0.4, -0.2) is 58.6 Å². The van der Waals surface area contributed by atoms with E-state index in [0.717, 1.165) is 75.0 Å². The van der Waals surface area contributed by atoms with Crippen LogP contribution in [0.3, 0.4) is 0 Å². The summed E-state index contributed by atoms with van der Waals surface area (Å²) in [6.07, 6.45) is 25.8. The third-order valence-corrected chi connectivity index (χ3v) is 18.1. The summed E-state index contributed by atoms with van der Waals surface area (Å²) in [4.78, 5) is 14.1. The number of nitrogens with zero attached hydrogens (tertiary/aromatic N) is 1. The number of allylic oxidation sites excluding steroid dienone is 4. The van der Waals surface area contributed by atoms with E-state index in [0.29, 0.717) is 39.4 Å². The first kappa shape index (κ1) is 31.5. The quantitative estimate of drug-likeness (QED) is 0.294. The van der Waals surface area contributed by atoms with Crippen molar-refractivity contribution in [2.24, 2.45) is 63.6 Å². The summed E-state index contributed by atoms with van der Waals surface area (Å²) in [5.41, 5.74) is 4.76. The van der Waals surface area contributed by atoms with Gasteiger partial charge in [0.25, 0.3) is 0 Å². The Hall–Kier alpha value is -0.780. The van der Waals surface area contributed by atoms with Gasteiger partial charge >= 0.3 is 0 Å². The number of carbonyl (C=O) groups excluding carboxylic acids is 1. The molecule has 250 valence electrons. The van der Waals surface area contributed by atoms with Crippen molar-refractivity contribution < 1.29 is 9.00 Å². The zero-order valence-corrected chi connectivity index (χ0v) is 29.9. The van der Waals surface area contributed by atoms with Gasteiger partial charge in [0.2, 0.25) is 0 Å². The molecule has 0 aromatic carbocycles. The fourth-order valence-corrected chi connectivity index (χ4v) is 15.4. The molecule has 4 nitrogen and oxygen atoms in total. The Morgan fingerprint density at radius 2 is 1.71 bits per heavy atom. The molecule has 5 saturated carbocycles. The molecule has 45 heavy (non-hydrogen) atoms. The zero-order valence-electron chi connectivity index (χ0n) is 29.1. The van der Waals surface area contributed by atoms with E-state index in [1.165, 1.54) is 70.5 Å². The van der Waals surface area contributed by atoms with Gasteiger partial charge < -0.3 is 15.0 Å². The molecule has 5 heteroatoms. The lowest BCUT2D eigenvalue weighted by atomic mass is 9.37. The highest BCUT2D eigenvalue weighted by Crippen LogP contribution is 2.73. The van der Waals surface area contributed by atoms with Crippen LogP contribution in [0.4, 0.5) is 0 Å². The van der Waals surface area contributed by atoms with E-state index in [2.05, 4.69) is 50.1 Å². The minimum atomic E-state index is -0.662. The Labute approximate surface area is 276 Å². The van der Waals surface area contributed by atoms with E-state index in [4.69, 9.17) is 0 Å². The molecular formula is C40H62N2O2S. The molecule has 1 aliphatic heterocycles. The Balaban J connectivity index is 0.958. The van der Waals surface area contributed by atoms with Gasteiger partial charge in [-0.3, -0.25) is 4.21 Å². The largest absolute Gasteiger partial charge is 0.310 e. The molecular weight excluding hydrogens is 573 g/mol. The lowest BCUT2D eigenvalue weighted by Gasteiger charge is -2.68. The third-order valence-electron chi connectivity index (χ3n) is 16.6. The van der Waals surface area contributed by atoms with Crippen molar-refractivity contribution in [2.45, 2.75) is 122 Å². The molecule has 6 fully saturated rings. The molecule has 10 unspecified atom stereocenters. The van der Waals surface area contributed by atoms with Crippen molar-refractivity contribution in [1.29, 1.82) is 0 Å². The fourth-order valence-electron chi connectivity index (χ4n) is 14.5. The van der Waals surface area contributed by atoms with Crippen LogP contribution < -0.4 is 5.32 Å². The van der Waals surface area contributed by atoms with Crippen molar-refractivity contribution in [3.8, 4) is 0 Å². The van der Waals surface area contributed by atoms with E-state index >= 15 is 0 Å². The molecule has 1 N–H and O–H groups in total. The van der Waals surface area contributed by atoms with Crippen LogP contribution in [-0.2, 0) is 15.6 Å². The highest BCUT2D eigenvalue weighted by Gasteiger charge is 2.66. The summed E-state index contributed by atoms with van der Waals surface area (Å²) in [6.45, 7) is 15.2. The van der Waals surface area contributed by atoms with Crippen molar-refractivity contribution in [3.05, 3.63) is 23.3 Å². The van der Waals surface area contributed by atoms with Gasteiger partial charge in [-0.15, -0.1) is 0 Å². The number of likely N-dealkylation sites (tertiary alicyclic amines) is 1. The summed E-state index contributed by atoms with van der Waals surface area (Å²) in [7, 11) is -0.662. The van der Waals surface area contributed by atoms with Gasteiger partial charge in [-0.05, 0) is 159 Å². The Morgan fingerprint density at radius 1 is 0.911 bits per heavy atom. The summed E-state index contributed by atoms with van der Waals surface area (Å²) in [5, 5.41) is 4.69. The average Bonchev–Trinajstić information content (AvgIpc) is 3.29. The Morgan fingerprint density at radius 3 is 2.42 bits per heavy atom. The number of rotatable bonds is 7. The lowest BCUT2D eigenvalue weighted by molar-refractivity contribution is -0.175. The average molecular weight is 635 g/mol. The van der Waals surface area contributed by atoms with Crippen LogP contribution in [0.1, 0.15) is 111 Å². The molecule has 8 aliphatic rings. The van der Waals surface area contributed by atoms with Crippen molar-refractivity contribution in [1.82, 2.24) is 10.2 Å². The van der Waals surface area contributed by atoms with Crippen molar-refractivity contribution in [3.63, 3.8) is 0 Å². The monoisotopic (exact) mass is 634 g/mol. The van der Waals surface area contributed by atoms with Crippen LogP contribution in [0.2, 0.25) is 0 Å². The molecule has 0 aromatic heterocycles. The predicted molar refractivity (Wildman–Crippen MR) is 185 cm³/mol. The first-order valence-electron chi connectivity index (χ1n) is 19.2. The number of piperidine rings is 1. The minimum absolute atomic E-state index is 0.227. The SMILES string of the molecule is CS(=O)C1CCN(CCNC23CCC[C@@H]2C2CC[C@H]4C(C)(CCC5C(C)(C)C(C6=CC7C(C=O)C7C6)=CCC54C)C2CC3)CC1. The molecule has 12 atom stereocenters. The number of nitrogens with one attached hydrogen (secondary N) is 1. The second-order valence-electron chi connectivity index (χ2n) is 18.6. The normalized spacial score (nSPS) is 49.4. The van der Waals surface area contributed by atoms with Gasteiger partial charge in [0, 0.05) is 46.9 Å². The summed E-state index contributed by atoms with van der Waals surface area (Å²) >= 11 is 0. The van der Waals surface area contributed by atoms with Crippen LogP contribution in [0, 0.1) is 63.6 Å². The number of hydrogen-bond acceptors (Lipinski definition) is 4. The second-order valence-corrected chi connectivity index (χ2v) is 20.2. The van der Waals surface area contributed by atoms with Crippen molar-refractivity contribution in [2.75, 3.05) is 32.4 Å². The van der Waals surface area contributed by atoms with Gasteiger partial charge in [-0.2, -0.15) is 0 Å². The number of carbonyl (C=O) groups is 1. The zero-order chi connectivity index (χ0) is 31.4. The topological polar surface area (TPSA) is 49.4 Å². The number of fused-ring (bicyclic) bond motifs is 8. The van der Waals surface area contributed by atoms with Crippen molar-refractivity contribution >= 4 is 17.1 Å². The maximum Gasteiger partial charge on any atom is 0.123 e. The van der Waals surface area contributed by atoms with Gasteiger partial charge in [-0.1, -0.05) is 46.3 Å². The fraction of sp³-hybridized carbons (Fsp3) is 0.875. The molecule has 0 radical (unpaired) electrons. The Bertz CT molecular complexity index is 1280. The van der Waals surface area contributed by atoms with Crippen LogP contribution in [0.15, 0.2) is 23.3 Å². The maximum absolute atomic E-state index is 11.9. The van der Waals surface area contributed by atoms with Crippen LogP contribution in [0.25, 0.3) is 0 Å². The van der Waals surface area contributed by atoms with Crippen LogP contribution >= 0.6 is 0 Å². The van der Waals surface area contributed by atoms with E-state index in [-0.39, 0.29) is 5.41 Å². The van der Waals surface area contributed by atoms with Crippen LogP contribution in [0.5, 0.6) is 0 Å². The maximum atomic E-state index is 11.9. The number of hydrogen-bond donors (Lipinski definition) is 1. The molecule has 1 saturated heterocycles. The van der Waals surface area contributed by atoms with E-state index < -0.39 is 10.8 Å². The summed E-state index contributed by atoms with van der Waals surface area (Å²) in [6, 6.07) is 0. The van der Waals surface area contributed by atoms with E-state index in [9.17, 15) is 9.00 Å². The highest BCUT2D eigenvalue weighted by atomic mass is 32.2. The van der Waals surface area contributed by atoms with Gasteiger partial charge in [0.05, 0.1) is 0 Å². The van der Waals surface area contributed by atoms with Gasteiger partial charge in [-0.25, -0.2) is 0 Å². The minimum Gasteiger partial charge on any atom is -0.310 e. The molecule has 0 bridgehead atoms. The van der Waals surface area contributed by atoms with E-state index in [1.54, 1.807) is 11.1 Å². The van der Waals surface area contributed by atoms with Gasteiger partial charge in [0.15, 0.2) is 0 Å². The number of aldehydes is 1. The molecule has 1 heterocycles. The lowest BCUT2D eigenvalue weighted by Crippen LogP contribution is -2.64. The first-order chi connectivity index (χ1) is 21.5. The molecule has 0 spiro atoms. The van der Waals surface area contributed by atoms with E-state index in [1.807, 2.05) is 6.26 Å². The molecule has 8 rings (SSSR count). The molecule has 0 amide bonds. The third kappa shape index (κ3) is 4.76. The van der Waals surface area contributed by atoms with Gasteiger partial charge in [0.1, 0.15) is 6.29 Å². The standard InChI is InChI=1S/C40H62N2O2S/c1-37(2)32(26-23-29-30(24-26)31(29)25-43)10-16-39(4)35(37)12-17-38(3)33-11-18-40(15-6-7-34(40)28(33)8-9-36(38)39)41-19-22-42-20-13-27(14-21-42)45(5)44/h10,23,25,27-31,33-36,41H,6-9,11-22,24H2,1-5H3/t28?,29?,30?,31?,33?,34-,35?,36+,38?,39?,40?,45?/m1/s1. The predicted octanol–water partition coefficient (Wildman–Crippen LogP) is 7.56. The summed E-state index contributed by atoms with van der Waals surface area (Å²) < 4.78 is 11.9. The molecule has 0 aromatic rings. The Kier molecular flexibility index (Phi) is 7.78. The molecule has 7 aliphatic carbocycles. The highest BCUT2D eigenvalue weighted by molar-refractivity contribution is 7.84. The first-order valence-corrected chi connectivity index (χ1v) is 20.8.